The van der Waals surface area contributed by atoms with Gasteiger partial charge in [-0.1, -0.05) is 11.6 Å². The molecular weight excluding hydrogens is 535 g/mol. The van der Waals surface area contributed by atoms with E-state index in [1.807, 2.05) is 0 Å². The van der Waals surface area contributed by atoms with Gasteiger partial charge in [-0.2, -0.15) is 0 Å². The number of hydrogen-bond acceptors (Lipinski definition) is 7. The number of nitrogens with one attached hydrogen (secondary N) is 1. The Hall–Kier alpha value is -4.02. The van der Waals surface area contributed by atoms with Crippen LogP contribution in [0, 0.1) is 11.2 Å². The van der Waals surface area contributed by atoms with Crippen LogP contribution in [0.25, 0.3) is 33.3 Å². The van der Waals surface area contributed by atoms with Crippen molar-refractivity contribution >= 4 is 40.0 Å². The van der Waals surface area contributed by atoms with Crippen LogP contribution in [0.5, 0.6) is 0 Å². The van der Waals surface area contributed by atoms with Gasteiger partial charge < -0.3 is 25.6 Å². The van der Waals surface area contributed by atoms with E-state index in [0.717, 1.165) is 48.4 Å². The molecule has 1 saturated carbocycles. The lowest BCUT2D eigenvalue weighted by Crippen LogP contribution is -2.24. The number of carboxylic acids is 1. The van der Waals surface area contributed by atoms with Gasteiger partial charge in [-0.3, -0.25) is 9.78 Å². The average Bonchev–Trinajstić information content (AvgIpc) is 3.25. The number of rotatable bonds is 4. The van der Waals surface area contributed by atoms with Gasteiger partial charge in [0.05, 0.1) is 21.8 Å². The number of carboxylic acid groups (broad SMARTS) is 1. The lowest BCUT2D eigenvalue weighted by Gasteiger charge is -2.26. The SMILES string of the molecule is CNc1cc(F)c(Cl)c2c1Cc1ncc(-c3cnc4c(c3)c(=O)c(C(=O)O)cn4C)c(N3CC[C@]4(C[C@H]4N)C3)c1-2. The predicted octanol–water partition coefficient (Wildman–Crippen LogP) is 4.03. The monoisotopic (exact) mass is 560 g/mol. The van der Waals surface area contributed by atoms with E-state index in [0.29, 0.717) is 34.4 Å². The van der Waals surface area contributed by atoms with Gasteiger partial charge in [-0.05, 0) is 30.5 Å². The van der Waals surface area contributed by atoms with Gasteiger partial charge in [-0.15, -0.1) is 0 Å². The van der Waals surface area contributed by atoms with Crippen molar-refractivity contribution in [2.75, 3.05) is 30.4 Å². The van der Waals surface area contributed by atoms with Crippen LogP contribution in [0.4, 0.5) is 15.8 Å². The van der Waals surface area contributed by atoms with E-state index in [2.05, 4.69) is 15.2 Å². The van der Waals surface area contributed by atoms with E-state index in [1.54, 1.807) is 32.6 Å². The Kier molecular flexibility index (Phi) is 5.30. The number of halogens is 2. The predicted molar refractivity (Wildman–Crippen MR) is 152 cm³/mol. The van der Waals surface area contributed by atoms with Gasteiger partial charge in [0.15, 0.2) is 0 Å². The van der Waals surface area contributed by atoms with E-state index in [4.69, 9.17) is 22.3 Å². The first-order valence-corrected chi connectivity index (χ1v) is 13.5. The van der Waals surface area contributed by atoms with Crippen molar-refractivity contribution in [2.24, 2.45) is 18.2 Å². The summed E-state index contributed by atoms with van der Waals surface area (Å²) in [6.45, 7) is 1.49. The summed E-state index contributed by atoms with van der Waals surface area (Å²) < 4.78 is 16.6. The van der Waals surface area contributed by atoms with Crippen molar-refractivity contribution in [2.45, 2.75) is 25.3 Å². The van der Waals surface area contributed by atoms with Gasteiger partial charge in [-0.25, -0.2) is 14.2 Å². The van der Waals surface area contributed by atoms with Crippen LogP contribution in [0.1, 0.15) is 34.5 Å². The highest BCUT2D eigenvalue weighted by Gasteiger charge is 2.56. The number of hydrogen-bond donors (Lipinski definition) is 3. The van der Waals surface area contributed by atoms with E-state index in [1.165, 1.54) is 16.8 Å². The molecule has 11 heteroatoms. The van der Waals surface area contributed by atoms with Crippen LogP contribution in [0.2, 0.25) is 5.02 Å². The van der Waals surface area contributed by atoms with E-state index in [9.17, 15) is 14.7 Å². The zero-order valence-electron chi connectivity index (χ0n) is 21.9. The van der Waals surface area contributed by atoms with Gasteiger partial charge >= 0.3 is 5.97 Å². The standard InChI is InChI=1S/C29H26ClFN6O3/c1-33-19-7-18(31)24(30)22-14(19)6-20-23(22)25(37-4-3-29(12-37)8-21(29)32)16(10-34-20)13-5-15-26(38)17(28(39)40)11-36(2)27(15)35-9-13/h5,7,9-11,21,33H,3-4,6,8,12,32H2,1-2H3,(H,39,40)/t21-,29+/m1/s1. The lowest BCUT2D eigenvalue weighted by atomic mass is 9.97. The highest BCUT2D eigenvalue weighted by Crippen LogP contribution is 2.57. The van der Waals surface area contributed by atoms with Gasteiger partial charge in [0.1, 0.15) is 17.0 Å². The summed E-state index contributed by atoms with van der Waals surface area (Å²) in [7, 11) is 3.40. The Bertz CT molecular complexity index is 1860. The highest BCUT2D eigenvalue weighted by atomic mass is 35.5. The lowest BCUT2D eigenvalue weighted by molar-refractivity contribution is 0.0695. The number of anilines is 2. The quantitative estimate of drug-likeness (QED) is 0.301. The topological polar surface area (TPSA) is 126 Å². The summed E-state index contributed by atoms with van der Waals surface area (Å²) in [5.74, 6) is -1.82. The van der Waals surface area contributed by atoms with Crippen LogP contribution in [-0.2, 0) is 13.5 Å². The molecule has 1 saturated heterocycles. The molecule has 1 aromatic carbocycles. The summed E-state index contributed by atoms with van der Waals surface area (Å²) in [5.41, 5.74) is 11.7. The number of pyridine rings is 3. The molecule has 2 fully saturated rings. The second-order valence-electron chi connectivity index (χ2n) is 11.1. The maximum atomic E-state index is 15.1. The van der Waals surface area contributed by atoms with E-state index in [-0.39, 0.29) is 27.4 Å². The molecule has 0 radical (unpaired) electrons. The largest absolute Gasteiger partial charge is 0.477 e. The van der Waals surface area contributed by atoms with Crippen molar-refractivity contribution in [3.8, 4) is 22.3 Å². The highest BCUT2D eigenvalue weighted by molar-refractivity contribution is 6.34. The van der Waals surface area contributed by atoms with Crippen molar-refractivity contribution in [1.29, 1.82) is 0 Å². The maximum absolute atomic E-state index is 15.1. The molecule has 4 N–H and O–H groups in total. The fraction of sp³-hybridized carbons (Fsp3) is 0.310. The van der Waals surface area contributed by atoms with Crippen LogP contribution < -0.4 is 21.4 Å². The first-order valence-electron chi connectivity index (χ1n) is 13.1. The molecule has 1 spiro atoms. The van der Waals surface area contributed by atoms with Crippen molar-refractivity contribution < 1.29 is 14.3 Å². The first kappa shape index (κ1) is 25.0. The molecule has 1 aliphatic heterocycles. The van der Waals surface area contributed by atoms with Crippen LogP contribution >= 0.6 is 11.6 Å². The Morgan fingerprint density at radius 2 is 2.05 bits per heavy atom. The minimum atomic E-state index is -1.30. The van der Waals surface area contributed by atoms with Crippen molar-refractivity contribution in [3.63, 3.8) is 0 Å². The number of nitrogens with two attached hydrogens (primary N) is 1. The molecule has 3 aliphatic rings. The number of aromatic carboxylic acids is 1. The van der Waals surface area contributed by atoms with Crippen LogP contribution in [0.3, 0.4) is 0 Å². The second-order valence-corrected chi connectivity index (χ2v) is 11.4. The Morgan fingerprint density at radius 1 is 1.27 bits per heavy atom. The molecule has 2 aliphatic carbocycles. The Labute approximate surface area is 233 Å². The molecule has 0 unspecified atom stereocenters. The van der Waals surface area contributed by atoms with Gasteiger partial charge in [0.25, 0.3) is 0 Å². The minimum Gasteiger partial charge on any atom is -0.477 e. The summed E-state index contributed by atoms with van der Waals surface area (Å²) in [6, 6.07) is 3.21. The molecule has 9 nitrogen and oxygen atoms in total. The van der Waals surface area contributed by atoms with E-state index < -0.39 is 17.2 Å². The normalized spacial score (nSPS) is 20.7. The molecule has 0 amide bonds. The molecular formula is C29H26ClFN6O3. The molecule has 4 aromatic rings. The Balaban J connectivity index is 1.51. The number of aryl methyl sites for hydroxylation is 1. The minimum absolute atomic E-state index is 0.0431. The average molecular weight is 561 g/mol. The summed E-state index contributed by atoms with van der Waals surface area (Å²) in [4.78, 5) is 36.5. The Morgan fingerprint density at radius 3 is 2.73 bits per heavy atom. The third-order valence-electron chi connectivity index (χ3n) is 8.83. The number of fused-ring (bicyclic) bond motifs is 4. The number of aromatic nitrogens is 3. The molecule has 2 atom stereocenters. The summed E-state index contributed by atoms with van der Waals surface area (Å²) in [6.07, 6.45) is 7.08. The second kappa shape index (κ2) is 8.49. The molecule has 0 bridgehead atoms. The third kappa shape index (κ3) is 3.42. The number of carbonyl (C=O) groups is 1. The van der Waals surface area contributed by atoms with Gasteiger partial charge in [0.2, 0.25) is 5.43 Å². The zero-order chi connectivity index (χ0) is 28.1. The van der Waals surface area contributed by atoms with Crippen molar-refractivity contribution in [1.82, 2.24) is 14.5 Å². The molecule has 40 heavy (non-hydrogen) atoms. The third-order valence-corrected chi connectivity index (χ3v) is 9.20. The fourth-order valence-corrected chi connectivity index (χ4v) is 6.84. The molecule has 204 valence electrons. The first-order chi connectivity index (χ1) is 19.1. The molecule has 3 aromatic heterocycles. The van der Waals surface area contributed by atoms with E-state index >= 15 is 4.39 Å². The molecule has 7 rings (SSSR count). The van der Waals surface area contributed by atoms with Crippen molar-refractivity contribution in [3.05, 3.63) is 68.6 Å². The zero-order valence-corrected chi connectivity index (χ0v) is 22.6. The smallest absolute Gasteiger partial charge is 0.341 e. The summed E-state index contributed by atoms with van der Waals surface area (Å²) >= 11 is 6.65. The van der Waals surface area contributed by atoms with Crippen LogP contribution in [-0.4, -0.2) is 51.8 Å². The van der Waals surface area contributed by atoms with Crippen LogP contribution in [0.15, 0.2) is 35.5 Å². The maximum Gasteiger partial charge on any atom is 0.341 e. The fourth-order valence-electron chi connectivity index (χ4n) is 6.57. The summed E-state index contributed by atoms with van der Waals surface area (Å²) in [5, 5.41) is 12.9. The molecule has 4 heterocycles. The number of benzene rings is 1. The van der Waals surface area contributed by atoms with Gasteiger partial charge in [0, 0.05) is 91.6 Å². The number of nitrogens with zero attached hydrogens (tertiary/aromatic N) is 4.